The Kier molecular flexibility index (Phi) is 3.59. The molecule has 1 heterocycles. The summed E-state index contributed by atoms with van der Waals surface area (Å²) in [7, 11) is 0. The van der Waals surface area contributed by atoms with Crippen LogP contribution in [-0.2, 0) is 11.3 Å². The molecule has 2 fully saturated rings. The highest BCUT2D eigenvalue weighted by molar-refractivity contribution is 9.10. The smallest absolute Gasteiger partial charge is 0.115 e. The number of halogens is 1. The minimum absolute atomic E-state index is 0.337. The van der Waals surface area contributed by atoms with Gasteiger partial charge >= 0.3 is 0 Å². The molecule has 0 amide bonds. The minimum Gasteiger partial charge on any atom is -0.508 e. The lowest BCUT2D eigenvalue weighted by Gasteiger charge is -2.37. The van der Waals surface area contributed by atoms with Crippen molar-refractivity contribution < 1.29 is 9.84 Å². The number of rotatable bonds is 2. The van der Waals surface area contributed by atoms with Gasteiger partial charge in [0.2, 0.25) is 0 Å². The summed E-state index contributed by atoms with van der Waals surface area (Å²) in [5.74, 6) is 0.337. The van der Waals surface area contributed by atoms with Crippen LogP contribution in [0.2, 0.25) is 0 Å². The number of benzene rings is 1. The van der Waals surface area contributed by atoms with Gasteiger partial charge in [-0.1, -0.05) is 15.9 Å². The summed E-state index contributed by atoms with van der Waals surface area (Å²) < 4.78 is 6.89. The lowest BCUT2D eigenvalue weighted by atomic mass is 10.1. The monoisotopic (exact) mass is 311 g/mol. The van der Waals surface area contributed by atoms with Crippen LogP contribution in [-0.4, -0.2) is 35.3 Å². The first-order valence-electron chi connectivity index (χ1n) is 6.57. The average Bonchev–Trinajstić information content (AvgIpc) is 2.83. The zero-order valence-electron chi connectivity index (χ0n) is 10.3. The van der Waals surface area contributed by atoms with Crippen LogP contribution in [0.4, 0.5) is 0 Å². The molecule has 3 nitrogen and oxygen atoms in total. The number of aromatic hydroxyl groups is 1. The summed E-state index contributed by atoms with van der Waals surface area (Å²) in [4.78, 5) is 2.50. The number of phenols is 1. The Labute approximate surface area is 116 Å². The van der Waals surface area contributed by atoms with Crippen molar-refractivity contribution in [2.45, 2.75) is 38.0 Å². The van der Waals surface area contributed by atoms with Crippen molar-refractivity contribution in [3.8, 4) is 5.75 Å². The van der Waals surface area contributed by atoms with Crippen LogP contribution < -0.4 is 0 Å². The van der Waals surface area contributed by atoms with E-state index in [1.54, 1.807) is 6.07 Å². The molecular weight excluding hydrogens is 294 g/mol. The Bertz CT molecular complexity index is 438. The van der Waals surface area contributed by atoms with Crippen LogP contribution in [0.3, 0.4) is 0 Å². The summed E-state index contributed by atoms with van der Waals surface area (Å²) in [5.41, 5.74) is 1.16. The van der Waals surface area contributed by atoms with E-state index in [-0.39, 0.29) is 0 Å². The van der Waals surface area contributed by atoms with E-state index in [1.165, 1.54) is 19.3 Å². The predicted molar refractivity (Wildman–Crippen MR) is 73.6 cm³/mol. The molecule has 98 valence electrons. The fraction of sp³-hybridized carbons (Fsp3) is 0.571. The molecule has 18 heavy (non-hydrogen) atoms. The molecule has 1 aromatic carbocycles. The van der Waals surface area contributed by atoms with Gasteiger partial charge in [-0.3, -0.25) is 4.90 Å². The zero-order chi connectivity index (χ0) is 12.5. The van der Waals surface area contributed by atoms with Crippen LogP contribution in [0.5, 0.6) is 5.75 Å². The molecule has 1 aliphatic carbocycles. The molecule has 1 saturated carbocycles. The lowest BCUT2D eigenvalue weighted by Crippen LogP contribution is -2.47. The van der Waals surface area contributed by atoms with Crippen LogP contribution in [0, 0.1) is 0 Å². The third-order valence-corrected chi connectivity index (χ3v) is 4.77. The molecule has 2 atom stereocenters. The van der Waals surface area contributed by atoms with E-state index in [1.807, 2.05) is 12.1 Å². The normalized spacial score (nSPS) is 28.3. The SMILES string of the molecule is Oc1ccc(Br)c(CN2CCOC3CCCC32)c1. The standard InChI is InChI=1S/C14H18BrNO2/c15-12-5-4-11(17)8-10(12)9-16-6-7-18-14-3-1-2-13(14)16/h4-5,8,13-14,17H,1-3,6-7,9H2. The van der Waals surface area contributed by atoms with E-state index in [0.717, 1.165) is 29.7 Å². The van der Waals surface area contributed by atoms with E-state index < -0.39 is 0 Å². The van der Waals surface area contributed by atoms with E-state index >= 15 is 0 Å². The zero-order valence-corrected chi connectivity index (χ0v) is 11.9. The largest absolute Gasteiger partial charge is 0.508 e. The van der Waals surface area contributed by atoms with Gasteiger partial charge in [-0.25, -0.2) is 0 Å². The fourth-order valence-electron chi connectivity index (χ4n) is 3.10. The van der Waals surface area contributed by atoms with Crippen molar-refractivity contribution >= 4 is 15.9 Å². The van der Waals surface area contributed by atoms with E-state index in [4.69, 9.17) is 4.74 Å². The molecular formula is C14H18BrNO2. The molecule has 0 radical (unpaired) electrons. The van der Waals surface area contributed by atoms with Gasteiger partial charge in [-0.05, 0) is 43.0 Å². The van der Waals surface area contributed by atoms with Crippen LogP contribution in [0.15, 0.2) is 22.7 Å². The molecule has 0 aromatic heterocycles. The topological polar surface area (TPSA) is 32.7 Å². The van der Waals surface area contributed by atoms with Gasteiger partial charge in [-0.15, -0.1) is 0 Å². The first-order chi connectivity index (χ1) is 8.74. The Morgan fingerprint density at radius 3 is 3.17 bits per heavy atom. The number of nitrogens with zero attached hydrogens (tertiary/aromatic N) is 1. The Hall–Kier alpha value is -0.580. The second-order valence-corrected chi connectivity index (χ2v) is 6.01. The fourth-order valence-corrected chi connectivity index (χ4v) is 3.48. The number of hydrogen-bond acceptors (Lipinski definition) is 3. The van der Waals surface area contributed by atoms with Crippen LogP contribution in [0.1, 0.15) is 24.8 Å². The Morgan fingerprint density at radius 2 is 2.28 bits per heavy atom. The number of fused-ring (bicyclic) bond motifs is 1. The maximum Gasteiger partial charge on any atom is 0.115 e. The van der Waals surface area contributed by atoms with Gasteiger partial charge in [0.15, 0.2) is 0 Å². The van der Waals surface area contributed by atoms with Crippen molar-refractivity contribution in [3.05, 3.63) is 28.2 Å². The van der Waals surface area contributed by atoms with E-state index in [0.29, 0.717) is 17.9 Å². The third kappa shape index (κ3) is 2.42. The minimum atomic E-state index is 0.337. The Balaban J connectivity index is 1.77. The third-order valence-electron chi connectivity index (χ3n) is 4.00. The molecule has 4 heteroatoms. The van der Waals surface area contributed by atoms with E-state index in [2.05, 4.69) is 20.8 Å². The van der Waals surface area contributed by atoms with Crippen LogP contribution in [0.25, 0.3) is 0 Å². The Morgan fingerprint density at radius 1 is 1.39 bits per heavy atom. The molecule has 0 spiro atoms. The van der Waals surface area contributed by atoms with Gasteiger partial charge in [0.05, 0.1) is 12.7 Å². The number of phenolic OH excluding ortho intramolecular Hbond substituents is 1. The molecule has 0 bridgehead atoms. The van der Waals surface area contributed by atoms with Crippen molar-refractivity contribution in [3.63, 3.8) is 0 Å². The molecule has 1 aromatic rings. The van der Waals surface area contributed by atoms with Gasteiger partial charge in [0.1, 0.15) is 5.75 Å². The predicted octanol–water partition coefficient (Wildman–Crippen LogP) is 2.91. The maximum atomic E-state index is 9.59. The highest BCUT2D eigenvalue weighted by atomic mass is 79.9. The average molecular weight is 312 g/mol. The summed E-state index contributed by atoms with van der Waals surface area (Å²) in [5, 5.41) is 9.59. The summed E-state index contributed by atoms with van der Waals surface area (Å²) in [6.45, 7) is 2.71. The van der Waals surface area contributed by atoms with Gasteiger partial charge in [0.25, 0.3) is 0 Å². The van der Waals surface area contributed by atoms with Crippen molar-refractivity contribution in [1.82, 2.24) is 4.90 Å². The highest BCUT2D eigenvalue weighted by Crippen LogP contribution is 2.32. The lowest BCUT2D eigenvalue weighted by molar-refractivity contribution is -0.0588. The van der Waals surface area contributed by atoms with Crippen molar-refractivity contribution in [1.29, 1.82) is 0 Å². The van der Waals surface area contributed by atoms with Gasteiger partial charge < -0.3 is 9.84 Å². The molecule has 1 aliphatic heterocycles. The molecule has 3 rings (SSSR count). The van der Waals surface area contributed by atoms with Gasteiger partial charge in [-0.2, -0.15) is 0 Å². The first kappa shape index (κ1) is 12.5. The number of morpholine rings is 1. The summed E-state index contributed by atoms with van der Waals surface area (Å²) in [6, 6.07) is 6.04. The summed E-state index contributed by atoms with van der Waals surface area (Å²) in [6.07, 6.45) is 4.13. The number of hydrogen-bond donors (Lipinski definition) is 1. The van der Waals surface area contributed by atoms with Gasteiger partial charge in [0, 0.05) is 23.6 Å². The van der Waals surface area contributed by atoms with Crippen molar-refractivity contribution in [2.24, 2.45) is 0 Å². The first-order valence-corrected chi connectivity index (χ1v) is 7.36. The molecule has 1 N–H and O–H groups in total. The van der Waals surface area contributed by atoms with Crippen molar-refractivity contribution in [2.75, 3.05) is 13.2 Å². The summed E-state index contributed by atoms with van der Waals surface area (Å²) >= 11 is 3.56. The highest BCUT2D eigenvalue weighted by Gasteiger charge is 2.35. The number of ether oxygens (including phenoxy) is 1. The van der Waals surface area contributed by atoms with Crippen LogP contribution >= 0.6 is 15.9 Å². The van der Waals surface area contributed by atoms with E-state index in [9.17, 15) is 5.11 Å². The molecule has 2 unspecified atom stereocenters. The second-order valence-electron chi connectivity index (χ2n) is 5.15. The molecule has 2 aliphatic rings. The second kappa shape index (κ2) is 5.19. The quantitative estimate of drug-likeness (QED) is 0.911. The maximum absolute atomic E-state index is 9.59. The molecule has 1 saturated heterocycles.